The summed E-state index contributed by atoms with van der Waals surface area (Å²) in [6, 6.07) is 20.1. The molecule has 0 aliphatic heterocycles. The molecule has 0 unspecified atom stereocenters. The lowest BCUT2D eigenvalue weighted by Gasteiger charge is -2.33. The van der Waals surface area contributed by atoms with Crippen molar-refractivity contribution in [2.75, 3.05) is 24.2 Å². The highest BCUT2D eigenvalue weighted by atomic mass is 127. The summed E-state index contributed by atoms with van der Waals surface area (Å²) in [5, 5.41) is 3.30. The number of rotatable bonds is 10. The van der Waals surface area contributed by atoms with Crippen molar-refractivity contribution in [2.24, 2.45) is 0 Å². The number of halogens is 3. The number of sulfonamides is 1. The van der Waals surface area contributed by atoms with E-state index in [1.165, 1.54) is 11.9 Å². The minimum atomic E-state index is -3.81. The van der Waals surface area contributed by atoms with Crippen molar-refractivity contribution in [3.63, 3.8) is 0 Å². The molecule has 196 valence electrons. The van der Waals surface area contributed by atoms with Crippen molar-refractivity contribution in [1.82, 2.24) is 10.2 Å². The third kappa shape index (κ3) is 8.07. The molecule has 0 fully saturated rings. The predicted molar refractivity (Wildman–Crippen MR) is 156 cm³/mol. The Hall–Kier alpha value is -2.34. The van der Waals surface area contributed by atoms with E-state index in [2.05, 4.69) is 27.9 Å². The Morgan fingerprint density at radius 1 is 0.946 bits per heavy atom. The Labute approximate surface area is 240 Å². The average Bonchev–Trinajstić information content (AvgIpc) is 2.86. The van der Waals surface area contributed by atoms with Gasteiger partial charge in [0.2, 0.25) is 21.8 Å². The molecule has 0 heterocycles. The molecule has 11 heteroatoms. The topological polar surface area (TPSA) is 86.8 Å². The smallest absolute Gasteiger partial charge is 0.244 e. The molecule has 7 nitrogen and oxygen atoms in total. The summed E-state index contributed by atoms with van der Waals surface area (Å²) < 4.78 is 27.4. The van der Waals surface area contributed by atoms with Gasteiger partial charge in [-0.05, 0) is 70.1 Å². The highest BCUT2D eigenvalue weighted by molar-refractivity contribution is 14.1. The van der Waals surface area contributed by atoms with Crippen LogP contribution in [-0.2, 0) is 32.6 Å². The van der Waals surface area contributed by atoms with Gasteiger partial charge in [-0.1, -0.05) is 59.6 Å². The highest BCUT2D eigenvalue weighted by Crippen LogP contribution is 2.25. The number of carbonyl (C=O) groups excluding carboxylic acids is 2. The van der Waals surface area contributed by atoms with Crippen molar-refractivity contribution in [3.8, 4) is 0 Å². The number of anilines is 1. The van der Waals surface area contributed by atoms with Crippen molar-refractivity contribution in [1.29, 1.82) is 0 Å². The molecule has 1 N–H and O–H groups in total. The fraction of sp³-hybridized carbons (Fsp3) is 0.231. The second kappa shape index (κ2) is 12.9. The van der Waals surface area contributed by atoms with Gasteiger partial charge in [-0.15, -0.1) is 0 Å². The van der Waals surface area contributed by atoms with Gasteiger partial charge in [0.15, 0.2) is 0 Å². The zero-order valence-corrected chi connectivity index (χ0v) is 24.7. The number of carbonyl (C=O) groups is 2. The van der Waals surface area contributed by atoms with Gasteiger partial charge >= 0.3 is 0 Å². The Morgan fingerprint density at radius 2 is 1.59 bits per heavy atom. The van der Waals surface area contributed by atoms with E-state index < -0.39 is 28.5 Å². The molecule has 0 saturated heterocycles. The molecule has 2 amide bonds. The van der Waals surface area contributed by atoms with Crippen molar-refractivity contribution in [3.05, 3.63) is 97.5 Å². The van der Waals surface area contributed by atoms with Gasteiger partial charge in [-0.3, -0.25) is 13.9 Å². The maximum absolute atomic E-state index is 13.8. The first kappa shape index (κ1) is 29.2. The minimum absolute atomic E-state index is 0.0188. The van der Waals surface area contributed by atoms with E-state index in [0.717, 1.165) is 19.7 Å². The van der Waals surface area contributed by atoms with Gasteiger partial charge < -0.3 is 10.2 Å². The molecule has 3 rings (SSSR count). The van der Waals surface area contributed by atoms with E-state index in [9.17, 15) is 18.0 Å². The van der Waals surface area contributed by atoms with E-state index in [4.69, 9.17) is 23.2 Å². The fourth-order valence-corrected chi connectivity index (χ4v) is 5.31. The predicted octanol–water partition coefficient (Wildman–Crippen LogP) is 4.75. The highest BCUT2D eigenvalue weighted by Gasteiger charge is 2.32. The van der Waals surface area contributed by atoms with Gasteiger partial charge in [0.1, 0.15) is 12.6 Å². The SMILES string of the molecule is CNC(=O)[C@@H](Cc1ccccc1)N(Cc1ccc(Cl)c(Cl)c1)C(=O)CN(c1ccc(I)cc1)S(C)(=O)=O. The number of benzene rings is 3. The molecule has 0 aromatic heterocycles. The third-order valence-electron chi connectivity index (χ3n) is 5.65. The van der Waals surface area contributed by atoms with E-state index in [0.29, 0.717) is 21.3 Å². The summed E-state index contributed by atoms with van der Waals surface area (Å²) in [4.78, 5) is 28.3. The first-order valence-corrected chi connectivity index (χ1v) is 14.9. The largest absolute Gasteiger partial charge is 0.357 e. The molecule has 0 aliphatic carbocycles. The quantitative estimate of drug-likeness (QED) is 0.315. The third-order valence-corrected chi connectivity index (χ3v) is 8.25. The van der Waals surface area contributed by atoms with Crippen LogP contribution in [0.3, 0.4) is 0 Å². The summed E-state index contributed by atoms with van der Waals surface area (Å²) in [7, 11) is -2.31. The molecule has 0 bridgehead atoms. The number of nitrogens with one attached hydrogen (secondary N) is 1. The van der Waals surface area contributed by atoms with Crippen LogP contribution >= 0.6 is 45.8 Å². The molecule has 0 aliphatic rings. The van der Waals surface area contributed by atoms with Crippen LogP contribution in [0, 0.1) is 3.57 Å². The van der Waals surface area contributed by atoms with Crippen LogP contribution in [0.1, 0.15) is 11.1 Å². The molecule has 0 saturated carbocycles. The summed E-state index contributed by atoms with van der Waals surface area (Å²) in [5.74, 6) is -0.919. The van der Waals surface area contributed by atoms with Crippen LogP contribution in [0.4, 0.5) is 5.69 Å². The first-order chi connectivity index (χ1) is 17.5. The van der Waals surface area contributed by atoms with Crippen LogP contribution in [0.2, 0.25) is 10.0 Å². The second-order valence-corrected chi connectivity index (χ2v) is 12.3. The van der Waals surface area contributed by atoms with Crippen molar-refractivity contribution >= 4 is 73.3 Å². The summed E-state index contributed by atoms with van der Waals surface area (Å²) in [6.07, 6.45) is 1.28. The molecule has 0 spiro atoms. The zero-order chi connectivity index (χ0) is 27.2. The monoisotopic (exact) mass is 673 g/mol. The van der Waals surface area contributed by atoms with Gasteiger partial charge in [0.05, 0.1) is 22.0 Å². The van der Waals surface area contributed by atoms with E-state index in [-0.39, 0.29) is 18.9 Å². The fourth-order valence-electron chi connectivity index (χ4n) is 3.78. The van der Waals surface area contributed by atoms with Gasteiger partial charge in [-0.2, -0.15) is 0 Å². The van der Waals surface area contributed by atoms with Crippen molar-refractivity contribution in [2.45, 2.75) is 19.0 Å². The van der Waals surface area contributed by atoms with Gasteiger partial charge in [0, 0.05) is 23.6 Å². The van der Waals surface area contributed by atoms with Crippen LogP contribution in [0.5, 0.6) is 0 Å². The van der Waals surface area contributed by atoms with Gasteiger partial charge in [0.25, 0.3) is 0 Å². The van der Waals surface area contributed by atoms with Gasteiger partial charge in [-0.25, -0.2) is 8.42 Å². The molecular weight excluding hydrogens is 648 g/mol. The van der Waals surface area contributed by atoms with Crippen LogP contribution in [-0.4, -0.2) is 51.0 Å². The molecule has 37 heavy (non-hydrogen) atoms. The summed E-state index contributed by atoms with van der Waals surface area (Å²) in [6.45, 7) is -0.464. The first-order valence-electron chi connectivity index (χ1n) is 11.2. The lowest BCUT2D eigenvalue weighted by atomic mass is 10.0. The van der Waals surface area contributed by atoms with E-state index >= 15 is 0 Å². The molecule has 1 atom stereocenters. The van der Waals surface area contributed by atoms with Crippen LogP contribution in [0.15, 0.2) is 72.8 Å². The number of amides is 2. The standard InChI is InChI=1S/C26H26Cl2IN3O4S/c1-30-26(34)24(15-18-6-4-3-5-7-18)31(16-19-8-13-22(27)23(28)14-19)25(33)17-32(37(2,35)36)21-11-9-20(29)10-12-21/h3-14,24H,15-17H2,1-2H3,(H,30,34)/t24-/m1/s1. The lowest BCUT2D eigenvalue weighted by molar-refractivity contribution is -0.139. The summed E-state index contributed by atoms with van der Waals surface area (Å²) in [5.41, 5.74) is 1.84. The van der Waals surface area contributed by atoms with E-state index in [1.807, 2.05) is 30.3 Å². The van der Waals surface area contributed by atoms with E-state index in [1.54, 1.807) is 42.5 Å². The Balaban J connectivity index is 2.03. The number of nitrogens with zero attached hydrogens (tertiary/aromatic N) is 2. The average molecular weight is 674 g/mol. The normalized spacial score (nSPS) is 12.0. The lowest BCUT2D eigenvalue weighted by Crippen LogP contribution is -2.52. The van der Waals surface area contributed by atoms with Crippen LogP contribution in [0.25, 0.3) is 0 Å². The number of hydrogen-bond acceptors (Lipinski definition) is 4. The Kier molecular flexibility index (Phi) is 10.2. The molecule has 0 radical (unpaired) electrons. The molecule has 3 aromatic carbocycles. The summed E-state index contributed by atoms with van der Waals surface area (Å²) >= 11 is 14.4. The Morgan fingerprint density at radius 3 is 2.16 bits per heavy atom. The maximum Gasteiger partial charge on any atom is 0.244 e. The molecule has 3 aromatic rings. The number of hydrogen-bond donors (Lipinski definition) is 1. The zero-order valence-electron chi connectivity index (χ0n) is 20.2. The second-order valence-electron chi connectivity index (χ2n) is 8.34. The maximum atomic E-state index is 13.8. The molecular formula is C26H26Cl2IN3O4S. The van der Waals surface area contributed by atoms with Crippen molar-refractivity contribution < 1.29 is 18.0 Å². The number of likely N-dealkylation sites (N-methyl/N-ethyl adjacent to an activating group) is 1. The minimum Gasteiger partial charge on any atom is -0.357 e. The van der Waals surface area contributed by atoms with Crippen LogP contribution < -0.4 is 9.62 Å². The Bertz CT molecular complexity index is 1360.